The molecule has 0 saturated carbocycles. The molecule has 2 saturated heterocycles. The molecule has 2 fully saturated rings. The summed E-state index contributed by atoms with van der Waals surface area (Å²) in [6, 6.07) is 0. The first kappa shape index (κ1) is 14.8. The number of carbonyl (C=O) groups is 1. The van der Waals surface area contributed by atoms with Crippen LogP contribution in [0.1, 0.15) is 45.4 Å². The second kappa shape index (κ2) is 7.85. The van der Waals surface area contributed by atoms with Crippen molar-refractivity contribution in [2.75, 3.05) is 32.8 Å². The van der Waals surface area contributed by atoms with Gasteiger partial charge in [-0.25, -0.2) is 0 Å². The van der Waals surface area contributed by atoms with E-state index in [0.29, 0.717) is 18.2 Å². The van der Waals surface area contributed by atoms with E-state index in [1.807, 2.05) is 4.90 Å². The molecule has 1 amide bonds. The van der Waals surface area contributed by atoms with E-state index in [9.17, 15) is 4.79 Å². The zero-order valence-electron chi connectivity index (χ0n) is 12.2. The van der Waals surface area contributed by atoms with E-state index in [1.54, 1.807) is 0 Å². The first-order chi connectivity index (χ1) is 9.29. The van der Waals surface area contributed by atoms with Crippen LogP contribution >= 0.6 is 0 Å². The monoisotopic (exact) mass is 268 g/mol. The van der Waals surface area contributed by atoms with E-state index in [0.717, 1.165) is 58.5 Å². The van der Waals surface area contributed by atoms with Crippen molar-refractivity contribution in [3.8, 4) is 0 Å². The molecule has 2 aliphatic rings. The Bertz CT molecular complexity index is 277. The van der Waals surface area contributed by atoms with Crippen molar-refractivity contribution in [3.05, 3.63) is 0 Å². The Kier molecular flexibility index (Phi) is 6.11. The number of amides is 1. The van der Waals surface area contributed by atoms with Crippen LogP contribution in [0.2, 0.25) is 0 Å². The average molecular weight is 268 g/mol. The van der Waals surface area contributed by atoms with Gasteiger partial charge in [0.2, 0.25) is 5.91 Å². The Morgan fingerprint density at radius 3 is 3.05 bits per heavy atom. The molecule has 2 aliphatic heterocycles. The second-order valence-electron chi connectivity index (χ2n) is 5.87. The van der Waals surface area contributed by atoms with Crippen LogP contribution < -0.4 is 5.32 Å². The molecule has 0 bridgehead atoms. The highest BCUT2D eigenvalue weighted by atomic mass is 16.5. The summed E-state index contributed by atoms with van der Waals surface area (Å²) in [5.74, 6) is 1.04. The van der Waals surface area contributed by atoms with E-state index in [2.05, 4.69) is 12.2 Å². The van der Waals surface area contributed by atoms with Gasteiger partial charge in [-0.3, -0.25) is 4.79 Å². The van der Waals surface area contributed by atoms with Crippen LogP contribution in [0, 0.1) is 5.92 Å². The molecular formula is C15H28N2O2. The average Bonchev–Trinajstić information content (AvgIpc) is 2.96. The molecule has 0 aliphatic carbocycles. The third kappa shape index (κ3) is 4.77. The number of likely N-dealkylation sites (tertiary alicyclic amines) is 1. The van der Waals surface area contributed by atoms with E-state index in [-0.39, 0.29) is 6.10 Å². The Morgan fingerprint density at radius 2 is 2.32 bits per heavy atom. The van der Waals surface area contributed by atoms with E-state index >= 15 is 0 Å². The molecule has 0 spiro atoms. The Balaban J connectivity index is 1.68. The van der Waals surface area contributed by atoms with Crippen LogP contribution in [-0.2, 0) is 9.53 Å². The predicted octanol–water partition coefficient (Wildman–Crippen LogP) is 1.79. The fraction of sp³-hybridized carbons (Fsp3) is 0.933. The standard InChI is InChI=1S/C15H28N2O2/c1-2-10-19-14-4-3-9-17(12-14)15(18)6-5-13-7-8-16-11-13/h13-14,16H,2-12H2,1H3. The minimum Gasteiger partial charge on any atom is -0.376 e. The van der Waals surface area contributed by atoms with Gasteiger partial charge in [0.1, 0.15) is 0 Å². The summed E-state index contributed by atoms with van der Waals surface area (Å²) in [7, 11) is 0. The lowest BCUT2D eigenvalue weighted by Crippen LogP contribution is -2.43. The number of nitrogens with zero attached hydrogens (tertiary/aromatic N) is 1. The van der Waals surface area contributed by atoms with Crippen LogP contribution in [0.15, 0.2) is 0 Å². The molecule has 2 heterocycles. The summed E-state index contributed by atoms with van der Waals surface area (Å²) < 4.78 is 5.79. The molecule has 0 radical (unpaired) electrons. The molecule has 1 N–H and O–H groups in total. The molecule has 0 aromatic heterocycles. The number of hydrogen-bond acceptors (Lipinski definition) is 3. The Morgan fingerprint density at radius 1 is 1.42 bits per heavy atom. The zero-order chi connectivity index (χ0) is 13.5. The number of rotatable bonds is 6. The largest absolute Gasteiger partial charge is 0.376 e. The molecule has 2 unspecified atom stereocenters. The maximum Gasteiger partial charge on any atom is 0.222 e. The number of piperidine rings is 1. The highest BCUT2D eigenvalue weighted by Crippen LogP contribution is 2.18. The third-order valence-electron chi connectivity index (χ3n) is 4.22. The summed E-state index contributed by atoms with van der Waals surface area (Å²) in [5, 5.41) is 3.36. The predicted molar refractivity (Wildman–Crippen MR) is 76.1 cm³/mol. The van der Waals surface area contributed by atoms with Gasteiger partial charge in [0.05, 0.1) is 6.10 Å². The van der Waals surface area contributed by atoms with Crippen molar-refractivity contribution in [1.82, 2.24) is 10.2 Å². The molecule has 19 heavy (non-hydrogen) atoms. The third-order valence-corrected chi connectivity index (χ3v) is 4.22. The maximum absolute atomic E-state index is 12.2. The number of nitrogens with one attached hydrogen (secondary N) is 1. The van der Waals surface area contributed by atoms with Crippen molar-refractivity contribution in [2.45, 2.75) is 51.6 Å². The molecule has 2 atom stereocenters. The summed E-state index contributed by atoms with van der Waals surface area (Å²) in [5.41, 5.74) is 0. The topological polar surface area (TPSA) is 41.6 Å². The van der Waals surface area contributed by atoms with Gasteiger partial charge in [-0.05, 0) is 51.1 Å². The molecule has 0 aromatic carbocycles. The van der Waals surface area contributed by atoms with Crippen molar-refractivity contribution in [2.24, 2.45) is 5.92 Å². The van der Waals surface area contributed by atoms with Gasteiger partial charge in [-0.15, -0.1) is 0 Å². The SMILES string of the molecule is CCCOC1CCCN(C(=O)CCC2CCNC2)C1. The molecule has 4 nitrogen and oxygen atoms in total. The molecular weight excluding hydrogens is 240 g/mol. The van der Waals surface area contributed by atoms with Crippen LogP contribution in [0.5, 0.6) is 0 Å². The lowest BCUT2D eigenvalue weighted by Gasteiger charge is -2.33. The lowest BCUT2D eigenvalue weighted by molar-refractivity contribution is -0.135. The number of carbonyl (C=O) groups excluding carboxylic acids is 1. The van der Waals surface area contributed by atoms with E-state index in [1.165, 1.54) is 6.42 Å². The van der Waals surface area contributed by atoms with Gasteiger partial charge in [0.15, 0.2) is 0 Å². The highest BCUT2D eigenvalue weighted by molar-refractivity contribution is 5.76. The van der Waals surface area contributed by atoms with Crippen LogP contribution in [-0.4, -0.2) is 49.7 Å². The first-order valence-electron chi connectivity index (χ1n) is 7.89. The van der Waals surface area contributed by atoms with Crippen molar-refractivity contribution < 1.29 is 9.53 Å². The Hall–Kier alpha value is -0.610. The highest BCUT2D eigenvalue weighted by Gasteiger charge is 2.24. The first-order valence-corrected chi connectivity index (χ1v) is 7.89. The zero-order valence-corrected chi connectivity index (χ0v) is 12.2. The van der Waals surface area contributed by atoms with Gasteiger partial charge in [0, 0.05) is 26.1 Å². The summed E-state index contributed by atoms with van der Waals surface area (Å²) in [6.45, 7) is 6.89. The van der Waals surface area contributed by atoms with Gasteiger partial charge in [-0.2, -0.15) is 0 Å². The second-order valence-corrected chi connectivity index (χ2v) is 5.87. The van der Waals surface area contributed by atoms with Crippen LogP contribution in [0.4, 0.5) is 0 Å². The van der Waals surface area contributed by atoms with Crippen LogP contribution in [0.25, 0.3) is 0 Å². The van der Waals surface area contributed by atoms with E-state index in [4.69, 9.17) is 4.74 Å². The summed E-state index contributed by atoms with van der Waals surface area (Å²) in [6.07, 6.45) is 6.51. The molecule has 2 rings (SSSR count). The molecule has 4 heteroatoms. The van der Waals surface area contributed by atoms with Crippen molar-refractivity contribution >= 4 is 5.91 Å². The van der Waals surface area contributed by atoms with Crippen LogP contribution in [0.3, 0.4) is 0 Å². The fourth-order valence-corrected chi connectivity index (χ4v) is 3.03. The van der Waals surface area contributed by atoms with Gasteiger partial charge < -0.3 is 15.0 Å². The maximum atomic E-state index is 12.2. The molecule has 110 valence electrons. The number of ether oxygens (including phenoxy) is 1. The summed E-state index contributed by atoms with van der Waals surface area (Å²) >= 11 is 0. The Labute approximate surface area is 116 Å². The minimum absolute atomic E-state index is 0.269. The van der Waals surface area contributed by atoms with E-state index < -0.39 is 0 Å². The minimum atomic E-state index is 0.269. The van der Waals surface area contributed by atoms with Gasteiger partial charge in [-0.1, -0.05) is 6.92 Å². The quantitative estimate of drug-likeness (QED) is 0.798. The van der Waals surface area contributed by atoms with Crippen molar-refractivity contribution in [1.29, 1.82) is 0 Å². The lowest BCUT2D eigenvalue weighted by atomic mass is 10.0. The van der Waals surface area contributed by atoms with Crippen molar-refractivity contribution in [3.63, 3.8) is 0 Å². The number of hydrogen-bond donors (Lipinski definition) is 1. The fourth-order valence-electron chi connectivity index (χ4n) is 3.03. The smallest absolute Gasteiger partial charge is 0.222 e. The normalized spacial score (nSPS) is 27.7. The van der Waals surface area contributed by atoms with Gasteiger partial charge in [0.25, 0.3) is 0 Å². The van der Waals surface area contributed by atoms with Gasteiger partial charge >= 0.3 is 0 Å². The molecule has 0 aromatic rings. The summed E-state index contributed by atoms with van der Waals surface area (Å²) in [4.78, 5) is 14.2.